The normalized spacial score (nSPS) is 12.4. The molecule has 0 bridgehead atoms. The topological polar surface area (TPSA) is 0 Å². The summed E-state index contributed by atoms with van der Waals surface area (Å²) < 4.78 is 0. The highest BCUT2D eigenvalue weighted by Crippen LogP contribution is 2.69. The summed E-state index contributed by atoms with van der Waals surface area (Å²) in [4.78, 5) is 6.28. The smallest absolute Gasteiger partial charge is 0.137 e. The van der Waals surface area contributed by atoms with E-state index in [2.05, 4.69) is 168 Å². The van der Waals surface area contributed by atoms with Crippen molar-refractivity contribution < 1.29 is 0 Å². The largest absolute Gasteiger partial charge is 0.141 e. The highest BCUT2D eigenvalue weighted by atomic mass is 32.3. The van der Waals surface area contributed by atoms with Gasteiger partial charge >= 0.3 is 0 Å². The predicted octanol–water partition coefficient (Wildman–Crippen LogP) is -20.7. The Labute approximate surface area is 310 Å². The third-order valence-electron chi connectivity index (χ3n) is 13.3. The second kappa shape index (κ2) is 13.1. The van der Waals surface area contributed by atoms with Crippen LogP contribution in [0.2, 0.25) is 0 Å². The van der Waals surface area contributed by atoms with E-state index in [1.54, 1.807) is 19.6 Å². The molecule has 4 aromatic rings. The molecule has 0 radical (unpaired) electrons. The van der Waals surface area contributed by atoms with Gasteiger partial charge in [0.2, 0.25) is 0 Å². The van der Waals surface area contributed by atoms with Crippen LogP contribution >= 0.6 is 10.0 Å². The van der Waals surface area contributed by atoms with E-state index in [0.717, 1.165) is 0 Å². The molecule has 0 nitrogen and oxygen atoms in total. The van der Waals surface area contributed by atoms with E-state index < -0.39 is 10.0 Å². The lowest BCUT2D eigenvalue weighted by molar-refractivity contribution is 0.597. The van der Waals surface area contributed by atoms with Crippen LogP contribution in [-0.2, 0) is 5.41 Å². The summed E-state index contributed by atoms with van der Waals surface area (Å²) in [7, 11) is 38.9. The second-order valence-corrected chi connectivity index (χ2v) is 19.3. The molecule has 48 heavy (non-hydrogen) atoms. The lowest BCUT2D eigenvalue weighted by Gasteiger charge is -2.53. The molecule has 4 aromatic carbocycles. The SMILES string of the molecule is Bc1c(B)c(B)c(S(c2c(B)c(B)c(B)c(B)c2B)(c2c(B)c(B)c(C)c(C)c2B)c2c(B)c(B)c(B)c(C(C)(C)C)c2B)c(B)c1B. The minimum atomic E-state index is -2.06. The molecule has 0 saturated heterocycles. The first-order chi connectivity index (χ1) is 21.9. The summed E-state index contributed by atoms with van der Waals surface area (Å²) in [5.41, 5.74) is 29.0. The van der Waals surface area contributed by atoms with Crippen LogP contribution in [0, 0.1) is 13.8 Å². The summed E-state index contributed by atoms with van der Waals surface area (Å²) in [5.74, 6) is 0. The molecule has 0 amide bonds. The van der Waals surface area contributed by atoms with Gasteiger partial charge in [-0.1, -0.05) is 92.1 Å². The molecule has 0 aliphatic rings. The minimum Gasteiger partial charge on any atom is -0.137 e. The first-order valence-electron chi connectivity index (χ1n) is 18.1. The first kappa shape index (κ1) is 39.1. The molecule has 226 valence electrons. The maximum Gasteiger partial charge on any atom is 0.141 e. The first-order valence-corrected chi connectivity index (χ1v) is 19.7. The van der Waals surface area contributed by atoms with Crippen molar-refractivity contribution in [3.63, 3.8) is 0 Å². The third-order valence-corrected chi connectivity index (χ3v) is 18.2. The molecule has 0 aliphatic carbocycles. The summed E-state index contributed by atoms with van der Waals surface area (Å²) in [6.07, 6.45) is 0. The molecule has 18 heteroatoms. The van der Waals surface area contributed by atoms with Crippen LogP contribution in [0.4, 0.5) is 0 Å². The van der Waals surface area contributed by atoms with Crippen LogP contribution in [0.3, 0.4) is 0 Å². The number of benzene rings is 4. The van der Waals surface area contributed by atoms with E-state index >= 15 is 0 Å². The van der Waals surface area contributed by atoms with Crippen LogP contribution in [-0.4, -0.2) is 133 Å². The van der Waals surface area contributed by atoms with Gasteiger partial charge in [-0.05, 0) is 38.8 Å². The summed E-state index contributed by atoms with van der Waals surface area (Å²) >= 11 is 0. The van der Waals surface area contributed by atoms with Crippen molar-refractivity contribution in [3.05, 3.63) is 16.7 Å². The average Bonchev–Trinajstić information content (AvgIpc) is 3.01. The predicted molar refractivity (Wildman–Crippen MR) is 274 cm³/mol. The molecule has 0 fully saturated rings. The Morgan fingerprint density at radius 2 is 0.521 bits per heavy atom. The molecule has 0 saturated carbocycles. The van der Waals surface area contributed by atoms with Gasteiger partial charge < -0.3 is 0 Å². The zero-order valence-electron chi connectivity index (χ0n) is 34.9. The molecule has 0 heterocycles. The van der Waals surface area contributed by atoms with Gasteiger partial charge in [-0.2, -0.15) is 0 Å². The lowest BCUT2D eigenvalue weighted by atomic mass is 9.62. The van der Waals surface area contributed by atoms with Crippen molar-refractivity contribution in [1.29, 1.82) is 0 Å². The Balaban J connectivity index is 2.73. The van der Waals surface area contributed by atoms with Crippen molar-refractivity contribution in [1.82, 2.24) is 0 Å². The number of hydrogen-bond acceptors (Lipinski definition) is 0. The van der Waals surface area contributed by atoms with Crippen molar-refractivity contribution >= 4 is 236 Å². The van der Waals surface area contributed by atoms with Crippen molar-refractivity contribution in [2.24, 2.45) is 0 Å². The standard InChI is InChI=1S/C30H49B17S/c1-6-7(2)10(32)26(20(42)9(6)31)48(28-22(44)16(38)14(36)17(39)23(28)45,29-24(46)18(40)15(37)19(41)25(29)47)27-12(34)8(30(3,4)5)11(33)13(35)21(27)43/h31-47H2,1-5H3. The fraction of sp³-hybridized carbons (Fsp3) is 0.200. The molecular formula is C30H49B17S. The molecule has 0 N–H and O–H groups in total. The Morgan fingerprint density at radius 3 is 0.854 bits per heavy atom. The van der Waals surface area contributed by atoms with E-state index in [0.29, 0.717) is 0 Å². The molecular weight excluding hydrogens is 576 g/mol. The van der Waals surface area contributed by atoms with Crippen LogP contribution in [0.25, 0.3) is 0 Å². The van der Waals surface area contributed by atoms with Gasteiger partial charge in [0, 0.05) is 0 Å². The zero-order chi connectivity index (χ0) is 36.9. The van der Waals surface area contributed by atoms with E-state index in [4.69, 9.17) is 0 Å². The van der Waals surface area contributed by atoms with Crippen LogP contribution < -0.4 is 92.9 Å². The van der Waals surface area contributed by atoms with Gasteiger partial charge in [-0.15, -0.1) is 48.3 Å². The van der Waals surface area contributed by atoms with Crippen LogP contribution in [0.5, 0.6) is 0 Å². The lowest BCUT2D eigenvalue weighted by Crippen LogP contribution is -2.61. The molecule has 0 aliphatic heterocycles. The molecule has 4 rings (SSSR count). The monoisotopic (exact) mass is 629 g/mol. The summed E-state index contributed by atoms with van der Waals surface area (Å²) in [6.45, 7) is 12.0. The zero-order valence-corrected chi connectivity index (χ0v) is 35.7. The fourth-order valence-electron chi connectivity index (χ4n) is 9.29. The second-order valence-electron chi connectivity index (χ2n) is 16.4. The number of rotatable bonds is 4. The maximum atomic E-state index is 2.48. The average molecular weight is 626 g/mol. The number of hydrogen-bond donors (Lipinski definition) is 0. The third kappa shape index (κ3) is 5.39. The van der Waals surface area contributed by atoms with Gasteiger partial charge in [0.1, 0.15) is 133 Å². The Bertz CT molecular complexity index is 1810. The highest BCUT2D eigenvalue weighted by Gasteiger charge is 2.44. The van der Waals surface area contributed by atoms with Gasteiger partial charge in [0.05, 0.1) is 0 Å². The van der Waals surface area contributed by atoms with Crippen LogP contribution in [0.15, 0.2) is 19.6 Å². The van der Waals surface area contributed by atoms with E-state index in [1.807, 2.05) is 0 Å². The minimum absolute atomic E-state index is 0.00214. The van der Waals surface area contributed by atoms with E-state index in [1.165, 1.54) is 110 Å². The summed E-state index contributed by atoms with van der Waals surface area (Å²) in [5, 5.41) is 0. The molecule has 0 unspecified atom stereocenters. The van der Waals surface area contributed by atoms with Crippen molar-refractivity contribution in [3.8, 4) is 0 Å². The van der Waals surface area contributed by atoms with Crippen LogP contribution in [0.1, 0.15) is 37.5 Å². The van der Waals surface area contributed by atoms with Gasteiger partial charge in [0.15, 0.2) is 0 Å². The molecule has 0 atom stereocenters. The summed E-state index contributed by atoms with van der Waals surface area (Å²) in [6, 6.07) is 0. The van der Waals surface area contributed by atoms with Gasteiger partial charge in [-0.25, -0.2) is 0 Å². The van der Waals surface area contributed by atoms with E-state index in [9.17, 15) is 0 Å². The molecule has 0 spiro atoms. The van der Waals surface area contributed by atoms with Gasteiger partial charge in [-0.3, -0.25) is 0 Å². The highest BCUT2D eigenvalue weighted by molar-refractivity contribution is 8.35. The quantitative estimate of drug-likeness (QED) is 0.198. The van der Waals surface area contributed by atoms with Crippen molar-refractivity contribution in [2.75, 3.05) is 0 Å². The maximum absolute atomic E-state index is 2.48. The molecule has 0 aromatic heterocycles. The van der Waals surface area contributed by atoms with Crippen molar-refractivity contribution in [2.45, 2.75) is 59.6 Å². The van der Waals surface area contributed by atoms with E-state index in [-0.39, 0.29) is 5.41 Å². The fourth-order valence-corrected chi connectivity index (χ4v) is 15.4. The Morgan fingerprint density at radius 1 is 0.292 bits per heavy atom. The Kier molecular flexibility index (Phi) is 10.7. The Hall–Kier alpha value is -1.67. The van der Waals surface area contributed by atoms with Gasteiger partial charge in [0.25, 0.3) is 0 Å².